The van der Waals surface area contributed by atoms with Gasteiger partial charge in [0.05, 0.1) is 6.20 Å². The number of oxazole rings is 1. The minimum absolute atomic E-state index is 0.198. The number of hydrogen-bond donors (Lipinski definition) is 1. The molecule has 1 amide bonds. The van der Waals surface area contributed by atoms with Gasteiger partial charge in [-0.25, -0.2) is 4.98 Å². The standard InChI is InChI=1S/C7H7BrN2O2/c1-5(8)2-10-7(11)6-3-9-4-12-6/h3-4H,1-2H2,(H,10,11). The predicted octanol–water partition coefficient (Wildman–Crippen LogP) is 1.31. The first-order valence-corrected chi connectivity index (χ1v) is 3.99. The van der Waals surface area contributed by atoms with Gasteiger partial charge in [0.15, 0.2) is 6.39 Å². The average Bonchev–Trinajstić information content (AvgIpc) is 2.51. The van der Waals surface area contributed by atoms with Gasteiger partial charge in [0.2, 0.25) is 5.76 Å². The molecule has 12 heavy (non-hydrogen) atoms. The molecule has 4 nitrogen and oxygen atoms in total. The Morgan fingerprint density at radius 3 is 3.08 bits per heavy atom. The normalized spacial score (nSPS) is 9.42. The molecule has 1 N–H and O–H groups in total. The van der Waals surface area contributed by atoms with E-state index in [9.17, 15) is 4.79 Å². The highest BCUT2D eigenvalue weighted by Crippen LogP contribution is 1.99. The number of nitrogens with one attached hydrogen (secondary N) is 1. The van der Waals surface area contributed by atoms with E-state index < -0.39 is 0 Å². The molecule has 1 rings (SSSR count). The minimum atomic E-state index is -0.298. The Labute approximate surface area is 77.8 Å². The number of carbonyl (C=O) groups is 1. The van der Waals surface area contributed by atoms with Gasteiger partial charge in [0, 0.05) is 11.0 Å². The van der Waals surface area contributed by atoms with E-state index >= 15 is 0 Å². The number of carbonyl (C=O) groups excluding carboxylic acids is 1. The van der Waals surface area contributed by atoms with Crippen LogP contribution in [0.1, 0.15) is 10.6 Å². The van der Waals surface area contributed by atoms with Crippen LogP contribution in [-0.2, 0) is 0 Å². The van der Waals surface area contributed by atoms with E-state index in [0.29, 0.717) is 11.0 Å². The van der Waals surface area contributed by atoms with Crippen LogP contribution in [0.5, 0.6) is 0 Å². The SMILES string of the molecule is C=C(Br)CNC(=O)c1cnco1. The molecule has 0 saturated heterocycles. The Bertz CT molecular complexity index is 282. The second kappa shape index (κ2) is 4.06. The molecule has 1 heterocycles. The van der Waals surface area contributed by atoms with Gasteiger partial charge in [-0.15, -0.1) is 0 Å². The molecule has 0 saturated carbocycles. The van der Waals surface area contributed by atoms with E-state index in [2.05, 4.69) is 32.8 Å². The summed E-state index contributed by atoms with van der Waals surface area (Å²) in [6.07, 6.45) is 2.56. The molecule has 0 aliphatic heterocycles. The molecule has 0 atom stereocenters. The van der Waals surface area contributed by atoms with E-state index in [4.69, 9.17) is 4.42 Å². The van der Waals surface area contributed by atoms with Gasteiger partial charge in [-0.3, -0.25) is 4.79 Å². The Morgan fingerprint density at radius 1 is 1.83 bits per heavy atom. The zero-order valence-electron chi connectivity index (χ0n) is 6.21. The van der Waals surface area contributed by atoms with Crippen molar-refractivity contribution in [2.24, 2.45) is 0 Å². The third-order valence-electron chi connectivity index (χ3n) is 1.10. The first kappa shape index (κ1) is 8.99. The number of halogens is 1. The smallest absolute Gasteiger partial charge is 0.288 e. The van der Waals surface area contributed by atoms with Crippen molar-refractivity contribution in [3.05, 3.63) is 29.4 Å². The maximum absolute atomic E-state index is 11.1. The molecule has 64 valence electrons. The molecule has 0 spiro atoms. The van der Waals surface area contributed by atoms with Crippen molar-refractivity contribution in [2.75, 3.05) is 6.54 Å². The fraction of sp³-hybridized carbons (Fsp3) is 0.143. The van der Waals surface area contributed by atoms with Gasteiger partial charge in [0.25, 0.3) is 5.91 Å². The molecule has 5 heteroatoms. The molecule has 0 aliphatic carbocycles. The van der Waals surface area contributed by atoms with E-state index in [1.807, 2.05) is 0 Å². The van der Waals surface area contributed by atoms with Gasteiger partial charge in [-0.1, -0.05) is 22.5 Å². The summed E-state index contributed by atoms with van der Waals surface area (Å²) in [7, 11) is 0. The second-order valence-electron chi connectivity index (χ2n) is 2.07. The van der Waals surface area contributed by atoms with Gasteiger partial charge in [0.1, 0.15) is 0 Å². The summed E-state index contributed by atoms with van der Waals surface area (Å²) in [4.78, 5) is 14.7. The van der Waals surface area contributed by atoms with Crippen molar-refractivity contribution >= 4 is 21.8 Å². The lowest BCUT2D eigenvalue weighted by Gasteiger charge is -1.98. The number of amides is 1. The van der Waals surface area contributed by atoms with Crippen molar-refractivity contribution < 1.29 is 9.21 Å². The van der Waals surface area contributed by atoms with Crippen molar-refractivity contribution in [1.82, 2.24) is 10.3 Å². The molecule has 0 radical (unpaired) electrons. The molecular formula is C7H7BrN2O2. The molecule has 1 aromatic heterocycles. The number of nitrogens with zero attached hydrogens (tertiary/aromatic N) is 1. The van der Waals surface area contributed by atoms with E-state index in [0.717, 1.165) is 0 Å². The summed E-state index contributed by atoms with van der Waals surface area (Å²) >= 11 is 3.11. The Kier molecular flexibility index (Phi) is 3.04. The quantitative estimate of drug-likeness (QED) is 0.853. The van der Waals surface area contributed by atoms with Crippen LogP contribution >= 0.6 is 15.9 Å². The van der Waals surface area contributed by atoms with E-state index in [-0.39, 0.29) is 11.7 Å². The van der Waals surface area contributed by atoms with Crippen LogP contribution in [0, 0.1) is 0 Å². The van der Waals surface area contributed by atoms with Crippen molar-refractivity contribution in [3.8, 4) is 0 Å². The van der Waals surface area contributed by atoms with Crippen molar-refractivity contribution in [1.29, 1.82) is 0 Å². The van der Waals surface area contributed by atoms with E-state index in [1.54, 1.807) is 0 Å². The van der Waals surface area contributed by atoms with Crippen LogP contribution in [0.3, 0.4) is 0 Å². The Hall–Kier alpha value is -1.10. The fourth-order valence-electron chi connectivity index (χ4n) is 0.591. The summed E-state index contributed by atoms with van der Waals surface area (Å²) < 4.78 is 5.46. The van der Waals surface area contributed by atoms with Crippen LogP contribution in [0.15, 0.2) is 28.1 Å². The van der Waals surface area contributed by atoms with Gasteiger partial charge < -0.3 is 9.73 Å². The number of rotatable bonds is 3. The summed E-state index contributed by atoms with van der Waals surface area (Å²) in [5.41, 5.74) is 0. The first-order chi connectivity index (χ1) is 5.70. The molecule has 0 aliphatic rings. The molecule has 0 bridgehead atoms. The maximum Gasteiger partial charge on any atom is 0.288 e. The Balaban J connectivity index is 2.45. The third kappa shape index (κ3) is 2.50. The lowest BCUT2D eigenvalue weighted by Crippen LogP contribution is -2.23. The van der Waals surface area contributed by atoms with Crippen LogP contribution in [0.25, 0.3) is 0 Å². The van der Waals surface area contributed by atoms with Crippen molar-refractivity contribution in [3.63, 3.8) is 0 Å². The zero-order valence-corrected chi connectivity index (χ0v) is 7.80. The largest absolute Gasteiger partial charge is 0.438 e. The molecule has 0 fully saturated rings. The minimum Gasteiger partial charge on any atom is -0.438 e. The highest BCUT2D eigenvalue weighted by Gasteiger charge is 2.07. The van der Waals surface area contributed by atoms with Crippen LogP contribution in [-0.4, -0.2) is 17.4 Å². The van der Waals surface area contributed by atoms with Crippen LogP contribution in [0.4, 0.5) is 0 Å². The summed E-state index contributed by atoms with van der Waals surface area (Å²) in [6, 6.07) is 0. The first-order valence-electron chi connectivity index (χ1n) is 3.20. The van der Waals surface area contributed by atoms with E-state index in [1.165, 1.54) is 12.6 Å². The van der Waals surface area contributed by atoms with Gasteiger partial charge in [-0.05, 0) is 0 Å². The second-order valence-corrected chi connectivity index (χ2v) is 3.19. The average molecular weight is 231 g/mol. The van der Waals surface area contributed by atoms with Gasteiger partial charge in [-0.2, -0.15) is 0 Å². The van der Waals surface area contributed by atoms with Gasteiger partial charge >= 0.3 is 0 Å². The molecule has 0 unspecified atom stereocenters. The highest BCUT2D eigenvalue weighted by molar-refractivity contribution is 9.11. The third-order valence-corrected chi connectivity index (χ3v) is 1.38. The summed E-state index contributed by atoms with van der Waals surface area (Å²) in [6.45, 7) is 3.94. The summed E-state index contributed by atoms with van der Waals surface area (Å²) in [5.74, 6) is -0.100. The maximum atomic E-state index is 11.1. The number of hydrogen-bond acceptors (Lipinski definition) is 3. The fourth-order valence-corrected chi connectivity index (χ4v) is 0.731. The summed E-state index contributed by atoms with van der Waals surface area (Å²) in [5, 5.41) is 2.57. The topological polar surface area (TPSA) is 55.1 Å². The highest BCUT2D eigenvalue weighted by atomic mass is 79.9. The Morgan fingerprint density at radius 2 is 2.58 bits per heavy atom. The number of aromatic nitrogens is 1. The lowest BCUT2D eigenvalue weighted by molar-refractivity contribution is 0.0930. The monoisotopic (exact) mass is 230 g/mol. The van der Waals surface area contributed by atoms with Crippen molar-refractivity contribution in [2.45, 2.75) is 0 Å². The molecule has 0 aromatic carbocycles. The lowest BCUT2D eigenvalue weighted by atomic mass is 10.4. The molecular weight excluding hydrogens is 224 g/mol. The zero-order chi connectivity index (χ0) is 8.97. The molecule has 1 aromatic rings. The van der Waals surface area contributed by atoms with Crippen LogP contribution < -0.4 is 5.32 Å². The predicted molar refractivity (Wildman–Crippen MR) is 46.9 cm³/mol. The van der Waals surface area contributed by atoms with Crippen LogP contribution in [0.2, 0.25) is 0 Å².